The van der Waals surface area contributed by atoms with Crippen molar-refractivity contribution in [2.45, 2.75) is 38.6 Å². The van der Waals surface area contributed by atoms with Crippen LogP contribution in [0.2, 0.25) is 0 Å². The zero-order chi connectivity index (χ0) is 16.9. The van der Waals surface area contributed by atoms with Crippen LogP contribution in [0.25, 0.3) is 0 Å². The summed E-state index contributed by atoms with van der Waals surface area (Å²) in [7, 11) is 0. The lowest BCUT2D eigenvalue weighted by atomic mass is 9.89. The standard InChI is InChI=1S/C20H22INO2/c1-14(16-7-6-15-4-2-3-5-17(15)12-16)22-20(23)13-24-19-10-8-18(21)9-11-19/h6-12,14H,2-5,13H2,1H3,(H,22,23)/t14-/m1/s1. The van der Waals surface area contributed by atoms with E-state index in [1.807, 2.05) is 31.2 Å². The van der Waals surface area contributed by atoms with E-state index >= 15 is 0 Å². The van der Waals surface area contributed by atoms with Crippen LogP contribution in [0.15, 0.2) is 42.5 Å². The summed E-state index contributed by atoms with van der Waals surface area (Å²) < 4.78 is 6.68. The minimum absolute atomic E-state index is 0.00921. The molecule has 0 aliphatic heterocycles. The molecule has 0 saturated carbocycles. The monoisotopic (exact) mass is 435 g/mol. The molecule has 2 aromatic carbocycles. The molecule has 0 saturated heterocycles. The molecule has 2 aromatic rings. The Morgan fingerprint density at radius 2 is 1.83 bits per heavy atom. The third-order valence-electron chi connectivity index (χ3n) is 4.43. The molecule has 0 radical (unpaired) electrons. The summed E-state index contributed by atoms with van der Waals surface area (Å²) in [6.07, 6.45) is 4.88. The molecule has 1 atom stereocenters. The Hall–Kier alpha value is -1.56. The van der Waals surface area contributed by atoms with Gasteiger partial charge in [0, 0.05) is 3.57 Å². The van der Waals surface area contributed by atoms with E-state index in [9.17, 15) is 4.79 Å². The minimum Gasteiger partial charge on any atom is -0.484 e. The average molecular weight is 435 g/mol. The molecule has 0 fully saturated rings. The number of aryl methyl sites for hydroxylation is 2. The molecule has 4 heteroatoms. The smallest absolute Gasteiger partial charge is 0.258 e. The third-order valence-corrected chi connectivity index (χ3v) is 5.15. The van der Waals surface area contributed by atoms with Gasteiger partial charge in [-0.25, -0.2) is 0 Å². The van der Waals surface area contributed by atoms with Crippen LogP contribution in [0.3, 0.4) is 0 Å². The average Bonchev–Trinajstić information content (AvgIpc) is 2.61. The van der Waals surface area contributed by atoms with E-state index < -0.39 is 0 Å². The van der Waals surface area contributed by atoms with Gasteiger partial charge in [0.1, 0.15) is 5.75 Å². The summed E-state index contributed by atoms with van der Waals surface area (Å²) in [5.74, 6) is 0.616. The second-order valence-corrected chi connectivity index (χ2v) is 7.51. The van der Waals surface area contributed by atoms with Crippen LogP contribution in [0.4, 0.5) is 0 Å². The topological polar surface area (TPSA) is 38.3 Å². The van der Waals surface area contributed by atoms with Crippen molar-refractivity contribution < 1.29 is 9.53 Å². The number of fused-ring (bicyclic) bond motifs is 1. The molecule has 126 valence electrons. The van der Waals surface area contributed by atoms with Crippen molar-refractivity contribution in [1.82, 2.24) is 5.32 Å². The highest BCUT2D eigenvalue weighted by molar-refractivity contribution is 14.1. The fraction of sp³-hybridized carbons (Fsp3) is 0.350. The summed E-state index contributed by atoms with van der Waals surface area (Å²) >= 11 is 2.24. The molecule has 0 heterocycles. The summed E-state index contributed by atoms with van der Waals surface area (Å²) in [6, 6.07) is 14.3. The first kappa shape index (κ1) is 17.3. The zero-order valence-electron chi connectivity index (χ0n) is 13.8. The van der Waals surface area contributed by atoms with Crippen LogP contribution in [0, 0.1) is 3.57 Å². The molecule has 0 unspecified atom stereocenters. The Morgan fingerprint density at radius 3 is 2.58 bits per heavy atom. The third kappa shape index (κ3) is 4.50. The lowest BCUT2D eigenvalue weighted by Crippen LogP contribution is -2.31. The molecule has 0 bridgehead atoms. The minimum atomic E-state index is -0.0984. The van der Waals surface area contributed by atoms with Crippen molar-refractivity contribution >= 4 is 28.5 Å². The SMILES string of the molecule is C[C@@H](NC(=O)COc1ccc(I)cc1)c1ccc2c(c1)CCCC2. The number of rotatable bonds is 5. The van der Waals surface area contributed by atoms with Gasteiger partial charge in [0.25, 0.3) is 5.91 Å². The van der Waals surface area contributed by atoms with E-state index in [2.05, 4.69) is 46.1 Å². The Bertz CT molecular complexity index is 712. The number of hydrogen-bond acceptors (Lipinski definition) is 2. The molecule has 1 N–H and O–H groups in total. The van der Waals surface area contributed by atoms with Crippen molar-refractivity contribution in [2.75, 3.05) is 6.61 Å². The van der Waals surface area contributed by atoms with Crippen molar-refractivity contribution in [3.05, 3.63) is 62.7 Å². The van der Waals surface area contributed by atoms with Crippen LogP contribution in [-0.4, -0.2) is 12.5 Å². The second-order valence-electron chi connectivity index (χ2n) is 6.27. The van der Waals surface area contributed by atoms with Crippen LogP contribution in [-0.2, 0) is 17.6 Å². The van der Waals surface area contributed by atoms with Gasteiger partial charge in [-0.15, -0.1) is 0 Å². The van der Waals surface area contributed by atoms with Gasteiger partial charge in [0.2, 0.25) is 0 Å². The summed E-state index contributed by atoms with van der Waals surface area (Å²) in [6.45, 7) is 2.06. The van der Waals surface area contributed by atoms with Gasteiger partial charge in [0.05, 0.1) is 6.04 Å². The lowest BCUT2D eigenvalue weighted by molar-refractivity contribution is -0.123. The zero-order valence-corrected chi connectivity index (χ0v) is 16.0. The van der Waals surface area contributed by atoms with Gasteiger partial charge < -0.3 is 10.1 Å². The highest BCUT2D eigenvalue weighted by Crippen LogP contribution is 2.24. The summed E-state index contributed by atoms with van der Waals surface area (Å²) in [5.41, 5.74) is 4.07. The van der Waals surface area contributed by atoms with Crippen molar-refractivity contribution in [3.8, 4) is 5.75 Å². The van der Waals surface area contributed by atoms with Gasteiger partial charge in [-0.05, 0) is 96.2 Å². The van der Waals surface area contributed by atoms with Gasteiger partial charge in [-0.2, -0.15) is 0 Å². The number of halogens is 1. The summed E-state index contributed by atoms with van der Waals surface area (Å²) in [5, 5.41) is 3.02. The molecule has 3 rings (SSSR count). The van der Waals surface area contributed by atoms with E-state index in [1.54, 1.807) is 0 Å². The molecule has 24 heavy (non-hydrogen) atoms. The molecule has 0 spiro atoms. The van der Waals surface area contributed by atoms with Gasteiger partial charge in [0.15, 0.2) is 6.61 Å². The first-order valence-electron chi connectivity index (χ1n) is 8.41. The maximum absolute atomic E-state index is 12.1. The van der Waals surface area contributed by atoms with Crippen LogP contribution in [0.1, 0.15) is 42.5 Å². The number of hydrogen-bond donors (Lipinski definition) is 1. The van der Waals surface area contributed by atoms with Gasteiger partial charge in [-0.3, -0.25) is 4.79 Å². The lowest BCUT2D eigenvalue weighted by Gasteiger charge is -2.20. The molecular formula is C20H22INO2. The van der Waals surface area contributed by atoms with E-state index in [4.69, 9.17) is 4.74 Å². The first-order chi connectivity index (χ1) is 11.6. The van der Waals surface area contributed by atoms with Crippen LogP contribution in [0.5, 0.6) is 5.75 Å². The van der Waals surface area contributed by atoms with E-state index in [-0.39, 0.29) is 18.6 Å². The normalized spacial score (nSPS) is 14.6. The largest absolute Gasteiger partial charge is 0.484 e. The molecule has 3 nitrogen and oxygen atoms in total. The summed E-state index contributed by atoms with van der Waals surface area (Å²) in [4.78, 5) is 12.1. The molecule has 1 amide bonds. The molecular weight excluding hydrogens is 413 g/mol. The Labute approximate surface area is 156 Å². The number of amides is 1. The predicted octanol–water partition coefficient (Wildman–Crippen LogP) is 4.43. The van der Waals surface area contributed by atoms with Crippen LogP contribution < -0.4 is 10.1 Å². The number of nitrogens with one attached hydrogen (secondary N) is 1. The number of benzene rings is 2. The number of carbonyl (C=O) groups excluding carboxylic acids is 1. The highest BCUT2D eigenvalue weighted by atomic mass is 127. The van der Waals surface area contributed by atoms with Gasteiger partial charge in [-0.1, -0.05) is 18.2 Å². The quantitative estimate of drug-likeness (QED) is 0.706. The van der Waals surface area contributed by atoms with Crippen molar-refractivity contribution in [2.24, 2.45) is 0 Å². The molecule has 1 aliphatic carbocycles. The Kier molecular flexibility index (Phi) is 5.76. The Morgan fingerprint density at radius 1 is 1.12 bits per heavy atom. The number of ether oxygens (including phenoxy) is 1. The first-order valence-corrected chi connectivity index (χ1v) is 9.49. The fourth-order valence-corrected chi connectivity index (χ4v) is 3.43. The Balaban J connectivity index is 1.55. The fourth-order valence-electron chi connectivity index (χ4n) is 3.07. The van der Waals surface area contributed by atoms with Crippen molar-refractivity contribution in [1.29, 1.82) is 0 Å². The van der Waals surface area contributed by atoms with E-state index in [0.717, 1.165) is 9.99 Å². The molecule has 1 aliphatic rings. The molecule has 0 aromatic heterocycles. The second kappa shape index (κ2) is 8.01. The van der Waals surface area contributed by atoms with E-state index in [1.165, 1.54) is 36.0 Å². The highest BCUT2D eigenvalue weighted by Gasteiger charge is 2.14. The number of carbonyl (C=O) groups is 1. The van der Waals surface area contributed by atoms with E-state index in [0.29, 0.717) is 5.75 Å². The van der Waals surface area contributed by atoms with Gasteiger partial charge >= 0.3 is 0 Å². The predicted molar refractivity (Wildman–Crippen MR) is 104 cm³/mol. The maximum atomic E-state index is 12.1. The van der Waals surface area contributed by atoms with Crippen molar-refractivity contribution in [3.63, 3.8) is 0 Å². The van der Waals surface area contributed by atoms with Crippen LogP contribution >= 0.6 is 22.6 Å². The maximum Gasteiger partial charge on any atom is 0.258 e.